The zero-order valence-corrected chi connectivity index (χ0v) is 18.6. The van der Waals surface area contributed by atoms with Crippen molar-refractivity contribution in [1.82, 2.24) is 0 Å². The standard InChI is InChI=1S/C24H32O8/c1-17(25)19-3-5-21-23(15-19)31-13-9-28-10-14-32-24-16-20(18(2)26)4-6-22(24)30-12-8-27-7-11-29-21/h3-6,15-18,25-26H,7-14H2,1-2H3. The molecule has 1 aliphatic rings. The maximum absolute atomic E-state index is 9.85. The average molecular weight is 449 g/mol. The molecule has 2 N–H and O–H groups in total. The third-order valence-electron chi connectivity index (χ3n) is 4.84. The molecule has 32 heavy (non-hydrogen) atoms. The minimum Gasteiger partial charge on any atom is -0.487 e. The molecule has 0 aromatic heterocycles. The van der Waals surface area contributed by atoms with E-state index in [0.717, 1.165) is 11.1 Å². The Morgan fingerprint density at radius 1 is 0.531 bits per heavy atom. The number of aliphatic hydroxyl groups excluding tert-OH is 2. The molecule has 2 unspecified atom stereocenters. The molecule has 1 heterocycles. The van der Waals surface area contributed by atoms with Crippen molar-refractivity contribution in [2.24, 2.45) is 0 Å². The lowest BCUT2D eigenvalue weighted by Gasteiger charge is -2.17. The minimum atomic E-state index is -0.606. The Labute approximate surface area is 188 Å². The smallest absolute Gasteiger partial charge is 0.161 e. The van der Waals surface area contributed by atoms with Crippen molar-refractivity contribution in [3.05, 3.63) is 47.5 Å². The van der Waals surface area contributed by atoms with Gasteiger partial charge >= 0.3 is 0 Å². The third-order valence-corrected chi connectivity index (χ3v) is 4.84. The molecule has 0 amide bonds. The Morgan fingerprint density at radius 3 is 1.22 bits per heavy atom. The SMILES string of the molecule is CC(O)c1ccc2c(c1)OCCOCCOc1cc(C(C)O)ccc1OCCOCCO2. The predicted molar refractivity (Wildman–Crippen MR) is 118 cm³/mol. The van der Waals surface area contributed by atoms with Crippen molar-refractivity contribution in [2.75, 3.05) is 52.9 Å². The number of ether oxygens (including phenoxy) is 6. The fourth-order valence-corrected chi connectivity index (χ4v) is 3.08. The lowest BCUT2D eigenvalue weighted by Crippen LogP contribution is -2.15. The van der Waals surface area contributed by atoms with Crippen molar-refractivity contribution >= 4 is 0 Å². The zero-order chi connectivity index (χ0) is 22.8. The summed E-state index contributed by atoms with van der Waals surface area (Å²) in [5.74, 6) is 2.27. The number of benzene rings is 2. The van der Waals surface area contributed by atoms with E-state index in [1.54, 1.807) is 38.1 Å². The molecule has 0 bridgehead atoms. The number of rotatable bonds is 2. The second kappa shape index (κ2) is 12.5. The topological polar surface area (TPSA) is 95.8 Å². The van der Waals surface area contributed by atoms with Gasteiger partial charge in [0.2, 0.25) is 0 Å². The predicted octanol–water partition coefficient (Wildman–Crippen LogP) is 3.06. The van der Waals surface area contributed by atoms with Gasteiger partial charge in [-0.2, -0.15) is 0 Å². The Kier molecular flexibility index (Phi) is 9.43. The highest BCUT2D eigenvalue weighted by atomic mass is 16.6. The molecule has 176 valence electrons. The molecular formula is C24H32O8. The van der Waals surface area contributed by atoms with E-state index in [-0.39, 0.29) is 0 Å². The quantitative estimate of drug-likeness (QED) is 0.724. The normalized spacial score (nSPS) is 18.1. The van der Waals surface area contributed by atoms with Crippen LogP contribution in [0, 0.1) is 0 Å². The van der Waals surface area contributed by atoms with Gasteiger partial charge in [0, 0.05) is 0 Å². The first kappa shape index (κ1) is 24.1. The Balaban J connectivity index is 1.63. The van der Waals surface area contributed by atoms with Crippen molar-refractivity contribution in [3.63, 3.8) is 0 Å². The van der Waals surface area contributed by atoms with Gasteiger partial charge in [-0.05, 0) is 49.2 Å². The van der Waals surface area contributed by atoms with Crippen LogP contribution in [0.15, 0.2) is 36.4 Å². The molecule has 0 saturated heterocycles. The number of aliphatic hydroxyl groups is 2. The lowest BCUT2D eigenvalue weighted by molar-refractivity contribution is 0.0638. The van der Waals surface area contributed by atoms with Crippen LogP contribution < -0.4 is 18.9 Å². The van der Waals surface area contributed by atoms with Crippen molar-refractivity contribution < 1.29 is 38.6 Å². The van der Waals surface area contributed by atoms with E-state index in [2.05, 4.69) is 0 Å². The van der Waals surface area contributed by atoms with E-state index in [0.29, 0.717) is 75.9 Å². The van der Waals surface area contributed by atoms with Crippen LogP contribution in [-0.2, 0) is 9.47 Å². The van der Waals surface area contributed by atoms with Gasteiger partial charge in [0.05, 0.1) is 38.6 Å². The monoisotopic (exact) mass is 448 g/mol. The van der Waals surface area contributed by atoms with Crippen LogP contribution in [0.2, 0.25) is 0 Å². The molecule has 8 nitrogen and oxygen atoms in total. The summed E-state index contributed by atoms with van der Waals surface area (Å²) in [5.41, 5.74) is 1.49. The summed E-state index contributed by atoms with van der Waals surface area (Å²) in [6, 6.07) is 10.7. The van der Waals surface area contributed by atoms with Crippen LogP contribution in [0.1, 0.15) is 37.2 Å². The van der Waals surface area contributed by atoms with E-state index in [1.165, 1.54) is 0 Å². The molecule has 0 aliphatic carbocycles. The highest BCUT2D eigenvalue weighted by molar-refractivity contribution is 5.44. The molecule has 0 fully saturated rings. The van der Waals surface area contributed by atoms with Gasteiger partial charge < -0.3 is 38.6 Å². The van der Waals surface area contributed by atoms with Crippen LogP contribution in [0.5, 0.6) is 23.0 Å². The highest BCUT2D eigenvalue weighted by Crippen LogP contribution is 2.32. The summed E-state index contributed by atoms with van der Waals surface area (Å²) >= 11 is 0. The first-order valence-electron chi connectivity index (χ1n) is 10.9. The zero-order valence-electron chi connectivity index (χ0n) is 18.6. The van der Waals surface area contributed by atoms with E-state index in [9.17, 15) is 10.2 Å². The van der Waals surface area contributed by atoms with Gasteiger partial charge in [-0.25, -0.2) is 0 Å². The van der Waals surface area contributed by atoms with Gasteiger partial charge in [-0.15, -0.1) is 0 Å². The molecule has 0 radical (unpaired) electrons. The average Bonchev–Trinajstić information content (AvgIpc) is 2.78. The third kappa shape index (κ3) is 7.27. The van der Waals surface area contributed by atoms with E-state index >= 15 is 0 Å². The maximum Gasteiger partial charge on any atom is 0.161 e. The highest BCUT2D eigenvalue weighted by Gasteiger charge is 2.12. The van der Waals surface area contributed by atoms with Gasteiger partial charge in [-0.1, -0.05) is 12.1 Å². The first-order chi connectivity index (χ1) is 15.5. The molecule has 2 atom stereocenters. The number of hydrogen-bond donors (Lipinski definition) is 2. The van der Waals surface area contributed by atoms with Crippen LogP contribution in [0.25, 0.3) is 0 Å². The van der Waals surface area contributed by atoms with Crippen molar-refractivity contribution in [2.45, 2.75) is 26.1 Å². The Bertz CT molecular complexity index is 769. The minimum absolute atomic E-state index is 0.321. The summed E-state index contributed by atoms with van der Waals surface area (Å²) in [5, 5.41) is 19.7. The van der Waals surface area contributed by atoms with E-state index in [1.807, 2.05) is 12.1 Å². The van der Waals surface area contributed by atoms with Crippen LogP contribution in [0.3, 0.4) is 0 Å². The Morgan fingerprint density at radius 2 is 0.875 bits per heavy atom. The fraction of sp³-hybridized carbons (Fsp3) is 0.500. The molecule has 3 rings (SSSR count). The summed E-state index contributed by atoms with van der Waals surface area (Å²) < 4.78 is 34.5. The molecule has 0 saturated carbocycles. The second-order valence-corrected chi connectivity index (χ2v) is 7.38. The maximum atomic E-state index is 9.85. The lowest BCUT2D eigenvalue weighted by atomic mass is 10.1. The summed E-state index contributed by atoms with van der Waals surface area (Å²) in [4.78, 5) is 0. The van der Waals surface area contributed by atoms with Crippen molar-refractivity contribution in [3.8, 4) is 23.0 Å². The van der Waals surface area contributed by atoms with Gasteiger partial charge in [0.25, 0.3) is 0 Å². The molecule has 1 aliphatic heterocycles. The molecule has 8 heteroatoms. The summed E-state index contributed by atoms with van der Waals surface area (Å²) in [6.45, 7) is 6.23. The Hall–Kier alpha value is -2.52. The molecule has 0 spiro atoms. The summed E-state index contributed by atoms with van der Waals surface area (Å²) in [7, 11) is 0. The van der Waals surface area contributed by atoms with Crippen LogP contribution in [-0.4, -0.2) is 63.1 Å². The number of fused-ring (bicyclic) bond motifs is 2. The van der Waals surface area contributed by atoms with E-state index < -0.39 is 12.2 Å². The molecule has 2 aromatic carbocycles. The van der Waals surface area contributed by atoms with Crippen LogP contribution in [0.4, 0.5) is 0 Å². The van der Waals surface area contributed by atoms with Crippen molar-refractivity contribution in [1.29, 1.82) is 0 Å². The summed E-state index contributed by atoms with van der Waals surface area (Å²) in [6.07, 6.45) is -1.21. The van der Waals surface area contributed by atoms with Gasteiger partial charge in [0.15, 0.2) is 23.0 Å². The largest absolute Gasteiger partial charge is 0.487 e. The molecular weight excluding hydrogens is 416 g/mol. The van der Waals surface area contributed by atoms with E-state index in [4.69, 9.17) is 28.4 Å². The van der Waals surface area contributed by atoms with Gasteiger partial charge in [-0.3, -0.25) is 0 Å². The fourth-order valence-electron chi connectivity index (χ4n) is 3.08. The van der Waals surface area contributed by atoms with Gasteiger partial charge in [0.1, 0.15) is 26.4 Å². The second-order valence-electron chi connectivity index (χ2n) is 7.38. The first-order valence-corrected chi connectivity index (χ1v) is 10.9. The van der Waals surface area contributed by atoms with Crippen LogP contribution >= 0.6 is 0 Å². The molecule has 2 aromatic rings. The number of hydrogen-bond acceptors (Lipinski definition) is 8.